The van der Waals surface area contributed by atoms with E-state index in [2.05, 4.69) is 21.2 Å². The molecule has 0 saturated heterocycles. The van der Waals surface area contributed by atoms with Gasteiger partial charge in [0.15, 0.2) is 0 Å². The zero-order valence-electron chi connectivity index (χ0n) is 11.5. The fraction of sp³-hybridized carbons (Fsp3) is 0.125. The molecule has 23 heavy (non-hydrogen) atoms. The van der Waals surface area contributed by atoms with Crippen LogP contribution in [0.15, 0.2) is 53.0 Å². The Labute approximate surface area is 138 Å². The Morgan fingerprint density at radius 3 is 2.48 bits per heavy atom. The number of carbonyl (C=O) groups excluding carboxylic acids is 2. The van der Waals surface area contributed by atoms with E-state index in [-0.39, 0.29) is 16.8 Å². The zero-order valence-corrected chi connectivity index (χ0v) is 13.1. The second-order valence-corrected chi connectivity index (χ2v) is 6.04. The van der Waals surface area contributed by atoms with Crippen molar-refractivity contribution < 1.29 is 23.5 Å². The number of hydrogen-bond acceptors (Lipinski definition) is 3. The quantitative estimate of drug-likeness (QED) is 0.802. The summed E-state index contributed by atoms with van der Waals surface area (Å²) in [5, 5.41) is 12.7. The first-order valence-electron chi connectivity index (χ1n) is 6.60. The van der Waals surface area contributed by atoms with Crippen LogP contribution >= 0.6 is 15.9 Å². The summed E-state index contributed by atoms with van der Waals surface area (Å²) in [6.45, 7) is 0. The van der Waals surface area contributed by atoms with Gasteiger partial charge in [-0.3, -0.25) is 9.59 Å². The minimum Gasteiger partial charge on any atom is -0.370 e. The fourth-order valence-electron chi connectivity index (χ4n) is 2.51. The monoisotopic (exact) mass is 381 g/mol. The number of benzene rings is 2. The van der Waals surface area contributed by atoms with Gasteiger partial charge in [-0.2, -0.15) is 8.78 Å². The number of carbonyl (C=O) groups is 2. The molecule has 2 aromatic rings. The smallest absolute Gasteiger partial charge is 0.351 e. The van der Waals surface area contributed by atoms with Gasteiger partial charge in [0.2, 0.25) is 11.4 Å². The highest BCUT2D eigenvalue weighted by Crippen LogP contribution is 2.48. The fourth-order valence-corrected chi connectivity index (χ4v) is 2.87. The van der Waals surface area contributed by atoms with Crippen molar-refractivity contribution in [3.05, 3.63) is 64.1 Å². The molecule has 118 valence electrons. The first-order valence-corrected chi connectivity index (χ1v) is 7.39. The standard InChI is InChI=1S/C16H10BrF2NO3/c17-10-6-7-12-11(8-10)15(23,14(22)20-12)16(18,19)13(21)9-4-2-1-3-5-9/h1-8,23H,(H,20,22)/t15-/m0/s1. The van der Waals surface area contributed by atoms with Crippen LogP contribution in [0.4, 0.5) is 14.5 Å². The summed E-state index contributed by atoms with van der Waals surface area (Å²) in [5.74, 6) is -7.28. The van der Waals surface area contributed by atoms with Crippen molar-refractivity contribution in [2.45, 2.75) is 11.5 Å². The Hall–Kier alpha value is -2.12. The Bertz CT molecular complexity index is 810. The predicted octanol–water partition coefficient (Wildman–Crippen LogP) is 3.11. The van der Waals surface area contributed by atoms with Crippen molar-refractivity contribution in [1.29, 1.82) is 0 Å². The molecule has 0 bridgehead atoms. The normalized spacial score (nSPS) is 20.1. The van der Waals surface area contributed by atoms with Crippen LogP contribution in [0.25, 0.3) is 0 Å². The van der Waals surface area contributed by atoms with Crippen LogP contribution in [0.3, 0.4) is 0 Å². The molecule has 1 heterocycles. The number of halogens is 3. The second-order valence-electron chi connectivity index (χ2n) is 5.12. The highest BCUT2D eigenvalue weighted by atomic mass is 79.9. The van der Waals surface area contributed by atoms with E-state index in [0.717, 1.165) is 0 Å². The van der Waals surface area contributed by atoms with E-state index in [1.54, 1.807) is 6.07 Å². The minimum absolute atomic E-state index is 0.0428. The Morgan fingerprint density at radius 2 is 1.83 bits per heavy atom. The SMILES string of the molecule is O=C(c1ccccc1)C(F)(F)[C@@]1(O)C(=O)Nc2ccc(Br)cc21. The topological polar surface area (TPSA) is 66.4 Å². The molecule has 0 fully saturated rings. The third kappa shape index (κ3) is 2.19. The number of alkyl halides is 2. The van der Waals surface area contributed by atoms with E-state index in [1.807, 2.05) is 0 Å². The lowest BCUT2D eigenvalue weighted by Gasteiger charge is -2.29. The number of Topliss-reactive ketones (excluding diaryl/α,β-unsaturated/α-hetero) is 1. The Balaban J connectivity index is 2.14. The van der Waals surface area contributed by atoms with E-state index in [9.17, 15) is 23.5 Å². The van der Waals surface area contributed by atoms with Gasteiger partial charge in [0.25, 0.3) is 5.91 Å². The van der Waals surface area contributed by atoms with Crippen molar-refractivity contribution in [1.82, 2.24) is 0 Å². The minimum atomic E-state index is -4.33. The molecule has 7 heteroatoms. The lowest BCUT2D eigenvalue weighted by atomic mass is 9.84. The van der Waals surface area contributed by atoms with Crippen molar-refractivity contribution in [2.75, 3.05) is 5.32 Å². The summed E-state index contributed by atoms with van der Waals surface area (Å²) in [7, 11) is 0. The predicted molar refractivity (Wildman–Crippen MR) is 82.4 cm³/mol. The molecular formula is C16H10BrF2NO3. The molecule has 2 N–H and O–H groups in total. The van der Waals surface area contributed by atoms with E-state index >= 15 is 0 Å². The average Bonchev–Trinajstić information content (AvgIpc) is 2.80. The molecule has 0 radical (unpaired) electrons. The van der Waals surface area contributed by atoms with Gasteiger partial charge in [-0.25, -0.2) is 0 Å². The molecule has 3 rings (SSSR count). The third-order valence-electron chi connectivity index (χ3n) is 3.72. The molecule has 0 unspecified atom stereocenters. The lowest BCUT2D eigenvalue weighted by Crippen LogP contribution is -2.55. The van der Waals surface area contributed by atoms with Crippen molar-refractivity contribution in [2.24, 2.45) is 0 Å². The number of nitrogens with one attached hydrogen (secondary N) is 1. The van der Waals surface area contributed by atoms with Crippen LogP contribution in [0.1, 0.15) is 15.9 Å². The summed E-state index contributed by atoms with van der Waals surface area (Å²) in [6.07, 6.45) is 0. The van der Waals surface area contributed by atoms with Crippen LogP contribution in [0, 0.1) is 0 Å². The molecule has 1 amide bonds. The molecule has 0 aromatic heterocycles. The number of anilines is 1. The van der Waals surface area contributed by atoms with Gasteiger partial charge in [0.05, 0.1) is 0 Å². The van der Waals surface area contributed by atoms with Gasteiger partial charge in [0.1, 0.15) is 0 Å². The third-order valence-corrected chi connectivity index (χ3v) is 4.22. The van der Waals surface area contributed by atoms with E-state index in [1.165, 1.54) is 42.5 Å². The first kappa shape index (κ1) is 15.8. The molecule has 0 saturated carbocycles. The highest BCUT2D eigenvalue weighted by molar-refractivity contribution is 9.10. The number of fused-ring (bicyclic) bond motifs is 1. The molecule has 0 spiro atoms. The maximum atomic E-state index is 14.8. The average molecular weight is 382 g/mol. The molecule has 2 aromatic carbocycles. The van der Waals surface area contributed by atoms with Gasteiger partial charge in [-0.15, -0.1) is 0 Å². The highest BCUT2D eigenvalue weighted by Gasteiger charge is 2.67. The molecular weight excluding hydrogens is 372 g/mol. The van der Waals surface area contributed by atoms with Crippen molar-refractivity contribution in [3.8, 4) is 0 Å². The van der Waals surface area contributed by atoms with Crippen molar-refractivity contribution >= 4 is 33.3 Å². The maximum Gasteiger partial charge on any atom is 0.351 e. The van der Waals surface area contributed by atoms with Gasteiger partial charge in [-0.1, -0.05) is 46.3 Å². The number of hydrogen-bond donors (Lipinski definition) is 2. The van der Waals surface area contributed by atoms with Crippen LogP contribution in [0.2, 0.25) is 0 Å². The van der Waals surface area contributed by atoms with Gasteiger partial charge >= 0.3 is 5.92 Å². The molecule has 0 aliphatic carbocycles. The zero-order chi connectivity index (χ0) is 16.8. The summed E-state index contributed by atoms with van der Waals surface area (Å²) in [4.78, 5) is 24.2. The first-order chi connectivity index (χ1) is 10.8. The summed E-state index contributed by atoms with van der Waals surface area (Å²) in [6, 6.07) is 10.9. The number of rotatable bonds is 3. The van der Waals surface area contributed by atoms with Crippen molar-refractivity contribution in [3.63, 3.8) is 0 Å². The second kappa shape index (κ2) is 5.21. The van der Waals surface area contributed by atoms with E-state index < -0.39 is 23.2 Å². The Morgan fingerprint density at radius 1 is 1.17 bits per heavy atom. The van der Waals surface area contributed by atoms with E-state index in [0.29, 0.717) is 4.47 Å². The van der Waals surface area contributed by atoms with Crippen LogP contribution in [-0.2, 0) is 10.4 Å². The summed E-state index contributed by atoms with van der Waals surface area (Å²) in [5.41, 5.74) is -3.85. The molecule has 1 aliphatic rings. The molecule has 1 atom stereocenters. The summed E-state index contributed by atoms with van der Waals surface area (Å²) >= 11 is 3.11. The van der Waals surface area contributed by atoms with Crippen LogP contribution in [-0.4, -0.2) is 22.7 Å². The molecule has 4 nitrogen and oxygen atoms in total. The van der Waals surface area contributed by atoms with Crippen LogP contribution in [0.5, 0.6) is 0 Å². The number of amides is 1. The largest absolute Gasteiger partial charge is 0.370 e. The van der Waals surface area contributed by atoms with Gasteiger partial charge in [-0.05, 0) is 18.2 Å². The number of ketones is 1. The van der Waals surface area contributed by atoms with Crippen LogP contribution < -0.4 is 5.32 Å². The number of aliphatic hydroxyl groups is 1. The van der Waals surface area contributed by atoms with Gasteiger partial charge < -0.3 is 10.4 Å². The Kier molecular flexibility index (Phi) is 3.57. The lowest BCUT2D eigenvalue weighted by molar-refractivity contribution is -0.171. The summed E-state index contributed by atoms with van der Waals surface area (Å²) < 4.78 is 30.0. The van der Waals surface area contributed by atoms with E-state index in [4.69, 9.17) is 0 Å². The maximum absolute atomic E-state index is 14.8. The molecule has 1 aliphatic heterocycles. The van der Waals surface area contributed by atoms with Gasteiger partial charge in [0, 0.05) is 21.3 Å².